The highest BCUT2D eigenvalue weighted by molar-refractivity contribution is 5.89. The Bertz CT molecular complexity index is 2930. The second-order valence-corrected chi connectivity index (χ2v) is 18.0. The number of imidazole rings is 2. The Morgan fingerprint density at radius 2 is 1.44 bits per heavy atom. The smallest absolute Gasteiger partial charge is 0.407 e. The minimum Gasteiger partial charge on any atom is -0.453 e. The number of aromatic amines is 2. The highest BCUT2D eigenvalue weighted by Gasteiger charge is 2.53. The molecule has 5 heterocycles. The molecular formula is C50H50F2N8O8. The molecule has 3 fully saturated rings. The van der Waals surface area contributed by atoms with Crippen LogP contribution in [0, 0.1) is 5.92 Å². The minimum atomic E-state index is -3.33. The molecule has 4 amide bonds. The van der Waals surface area contributed by atoms with Gasteiger partial charge in [0.15, 0.2) is 5.79 Å². The lowest BCUT2D eigenvalue weighted by molar-refractivity contribution is -0.153. The van der Waals surface area contributed by atoms with E-state index in [-0.39, 0.29) is 47.9 Å². The van der Waals surface area contributed by atoms with Crippen LogP contribution in [0.2, 0.25) is 0 Å². The molecule has 4 aromatic carbocycles. The number of fused-ring (bicyclic) bond motifs is 4. The summed E-state index contributed by atoms with van der Waals surface area (Å²) in [6, 6.07) is 21.7. The number of alkyl halides is 2. The van der Waals surface area contributed by atoms with E-state index >= 15 is 8.78 Å². The number of carbonyl (C=O) groups is 4. The number of hydrogen-bond donors (Lipinski definition) is 4. The van der Waals surface area contributed by atoms with Gasteiger partial charge in [0.2, 0.25) is 5.91 Å². The van der Waals surface area contributed by atoms with Crippen molar-refractivity contribution in [3.05, 3.63) is 119 Å². The van der Waals surface area contributed by atoms with Crippen molar-refractivity contribution < 1.29 is 46.9 Å². The van der Waals surface area contributed by atoms with Crippen LogP contribution in [0.1, 0.15) is 79.6 Å². The van der Waals surface area contributed by atoms with Crippen LogP contribution in [0.4, 0.5) is 18.4 Å². The lowest BCUT2D eigenvalue weighted by atomic mass is 9.98. The van der Waals surface area contributed by atoms with Gasteiger partial charge in [-0.25, -0.2) is 19.6 Å². The van der Waals surface area contributed by atoms with E-state index < -0.39 is 42.0 Å². The maximum atomic E-state index is 16.7. The molecule has 0 bridgehead atoms. The van der Waals surface area contributed by atoms with Crippen LogP contribution in [0.3, 0.4) is 0 Å². The van der Waals surface area contributed by atoms with Crippen molar-refractivity contribution >= 4 is 35.0 Å². The molecule has 6 aromatic rings. The molecule has 1 unspecified atom stereocenters. The summed E-state index contributed by atoms with van der Waals surface area (Å²) in [7, 11) is 2.48. The Morgan fingerprint density at radius 3 is 2.15 bits per heavy atom. The van der Waals surface area contributed by atoms with Crippen molar-refractivity contribution in [1.82, 2.24) is 40.4 Å². The first-order chi connectivity index (χ1) is 32.8. The summed E-state index contributed by atoms with van der Waals surface area (Å²) in [6.07, 6.45) is 1.78. The minimum absolute atomic E-state index is 0.108. The SMILES string of the molecule is COC(=O)N[C@H](C(=O)N1CC2(CC1c1ncc(-c3ccc4c(c3)C(F)(F)c3cc(-c5ccc6nc([C@@H]7CCCN7C(=O)[C@H](NC(=O)OC)c7ccccc7)[nH]c6c5)ccc3-4)[nH]1)OCCO2)C(C)C. The summed E-state index contributed by atoms with van der Waals surface area (Å²) in [6.45, 7) is 4.94. The van der Waals surface area contributed by atoms with Crippen molar-refractivity contribution in [3.8, 4) is 33.5 Å². The van der Waals surface area contributed by atoms with Crippen molar-refractivity contribution in [2.24, 2.45) is 5.92 Å². The number of alkyl carbamates (subject to hydrolysis) is 2. The summed E-state index contributed by atoms with van der Waals surface area (Å²) in [5, 5.41) is 5.33. The highest BCUT2D eigenvalue weighted by atomic mass is 19.3. The quantitative estimate of drug-likeness (QED) is 0.105. The Labute approximate surface area is 389 Å². The van der Waals surface area contributed by atoms with Crippen LogP contribution < -0.4 is 10.6 Å². The third-order valence-electron chi connectivity index (χ3n) is 13.5. The number of hydrogen-bond acceptors (Lipinski definition) is 10. The maximum absolute atomic E-state index is 16.7. The van der Waals surface area contributed by atoms with E-state index in [9.17, 15) is 19.2 Å². The number of carbonyl (C=O) groups excluding carboxylic acids is 4. The van der Waals surface area contributed by atoms with Gasteiger partial charge in [-0.1, -0.05) is 74.5 Å². The van der Waals surface area contributed by atoms with E-state index in [0.29, 0.717) is 87.9 Å². The molecule has 10 rings (SSSR count). The van der Waals surface area contributed by atoms with Crippen molar-refractivity contribution in [3.63, 3.8) is 0 Å². The number of amides is 4. The van der Waals surface area contributed by atoms with Crippen molar-refractivity contribution in [2.75, 3.05) is 40.5 Å². The molecule has 1 aliphatic carbocycles. The molecule has 1 spiro atoms. The molecule has 18 heteroatoms. The molecule has 4 atom stereocenters. The van der Waals surface area contributed by atoms with Gasteiger partial charge in [0.05, 0.1) is 69.0 Å². The van der Waals surface area contributed by atoms with Crippen LogP contribution in [0.15, 0.2) is 91.1 Å². The molecule has 3 aliphatic heterocycles. The number of halogens is 2. The summed E-state index contributed by atoms with van der Waals surface area (Å²) >= 11 is 0. The number of methoxy groups -OCH3 is 2. The number of benzene rings is 4. The molecule has 352 valence electrons. The first kappa shape index (κ1) is 44.6. The average Bonchev–Trinajstić information content (AvgIpc) is 4.23. The van der Waals surface area contributed by atoms with E-state index in [2.05, 4.69) is 25.6 Å². The van der Waals surface area contributed by atoms with Gasteiger partial charge >= 0.3 is 12.2 Å². The van der Waals surface area contributed by atoms with Gasteiger partial charge in [-0.3, -0.25) is 9.59 Å². The number of nitrogens with zero attached hydrogens (tertiary/aromatic N) is 4. The molecule has 0 radical (unpaired) electrons. The zero-order chi connectivity index (χ0) is 47.5. The van der Waals surface area contributed by atoms with Crippen LogP contribution >= 0.6 is 0 Å². The number of ether oxygens (including phenoxy) is 4. The Kier molecular flexibility index (Phi) is 11.5. The molecule has 68 heavy (non-hydrogen) atoms. The van der Waals surface area contributed by atoms with E-state index in [1.807, 2.05) is 44.2 Å². The van der Waals surface area contributed by atoms with Crippen molar-refractivity contribution in [1.29, 1.82) is 0 Å². The molecule has 0 saturated carbocycles. The Balaban J connectivity index is 0.890. The van der Waals surface area contributed by atoms with Gasteiger partial charge in [-0.05, 0) is 70.8 Å². The van der Waals surface area contributed by atoms with Gasteiger partial charge in [0, 0.05) is 29.7 Å². The zero-order valence-corrected chi connectivity index (χ0v) is 37.8. The van der Waals surface area contributed by atoms with Gasteiger partial charge in [0.25, 0.3) is 11.8 Å². The Morgan fingerprint density at radius 1 is 0.779 bits per heavy atom. The van der Waals surface area contributed by atoms with Gasteiger partial charge in [-0.2, -0.15) is 8.78 Å². The maximum Gasteiger partial charge on any atom is 0.407 e. The monoisotopic (exact) mass is 928 g/mol. The van der Waals surface area contributed by atoms with Crippen LogP contribution in [-0.4, -0.2) is 106 Å². The molecule has 4 N–H and O–H groups in total. The lowest BCUT2D eigenvalue weighted by Gasteiger charge is -2.30. The summed E-state index contributed by atoms with van der Waals surface area (Å²) in [5.41, 5.74) is 4.82. The lowest BCUT2D eigenvalue weighted by Crippen LogP contribution is -2.52. The topological polar surface area (TPSA) is 193 Å². The average molecular weight is 929 g/mol. The number of likely N-dealkylation sites (tertiary alicyclic amines) is 2. The number of H-pyrrole nitrogens is 2. The molecular weight excluding hydrogens is 879 g/mol. The van der Waals surface area contributed by atoms with Crippen LogP contribution in [-0.2, 0) is 34.5 Å². The fourth-order valence-corrected chi connectivity index (χ4v) is 10.1. The first-order valence-corrected chi connectivity index (χ1v) is 22.6. The van der Waals surface area contributed by atoms with Crippen molar-refractivity contribution in [2.45, 2.75) is 69.0 Å². The fourth-order valence-electron chi connectivity index (χ4n) is 10.1. The van der Waals surface area contributed by atoms with Crippen LogP contribution in [0.25, 0.3) is 44.5 Å². The predicted molar refractivity (Wildman–Crippen MR) is 244 cm³/mol. The second kappa shape index (κ2) is 17.5. The normalized spacial score (nSPS) is 19.8. The predicted octanol–water partition coefficient (Wildman–Crippen LogP) is 7.90. The summed E-state index contributed by atoms with van der Waals surface area (Å²) in [5.74, 6) is -4.29. The first-order valence-electron chi connectivity index (χ1n) is 22.6. The van der Waals surface area contributed by atoms with Gasteiger partial charge < -0.3 is 49.3 Å². The summed E-state index contributed by atoms with van der Waals surface area (Å²) < 4.78 is 55.1. The summed E-state index contributed by atoms with van der Waals surface area (Å²) in [4.78, 5) is 72.2. The second-order valence-electron chi connectivity index (χ2n) is 18.0. The zero-order valence-electron chi connectivity index (χ0n) is 37.8. The fraction of sp³-hybridized carbons (Fsp3) is 0.360. The largest absolute Gasteiger partial charge is 0.453 e. The molecule has 3 saturated heterocycles. The van der Waals surface area contributed by atoms with E-state index in [0.717, 1.165) is 6.42 Å². The Hall–Kier alpha value is -7.18. The number of nitrogens with one attached hydrogen (secondary N) is 4. The third kappa shape index (κ3) is 7.90. The number of rotatable bonds is 10. The van der Waals surface area contributed by atoms with E-state index in [1.54, 1.807) is 58.5 Å². The van der Waals surface area contributed by atoms with Crippen LogP contribution in [0.5, 0.6) is 0 Å². The molecule has 2 aromatic heterocycles. The van der Waals surface area contributed by atoms with Gasteiger partial charge in [0.1, 0.15) is 23.7 Å². The molecule has 4 aliphatic rings. The number of aromatic nitrogens is 4. The standard InChI is InChI=1S/C50H50F2N8O8/c1-27(2)41(57-47(63)65-3)45(61)60-26-49(67-19-20-68-49)24-40(60)43-53-25-38(56-43)31-13-16-33-32-15-12-29(21-34(32)50(51,52)35(33)22-31)30-14-17-36-37(23-30)55-44(54-36)39-11-8-18-59(39)46(62)42(58-48(64)66-4)28-9-6-5-7-10-28/h5-7,9-10,12-17,21-23,25,27,39-42H,8,11,18-20,24,26H2,1-4H3,(H,53,56)(H,54,55)(H,57,63)(H,58,64)/t39-,40?,41-,42+/m0/s1. The molecule has 16 nitrogen and oxygen atoms in total. The third-order valence-corrected chi connectivity index (χ3v) is 13.5. The van der Waals surface area contributed by atoms with E-state index in [4.69, 9.17) is 23.9 Å². The highest BCUT2D eigenvalue weighted by Crippen LogP contribution is 2.53. The van der Waals surface area contributed by atoms with E-state index in [1.165, 1.54) is 26.4 Å². The van der Waals surface area contributed by atoms with Gasteiger partial charge in [-0.15, -0.1) is 0 Å².